The molecule has 2 aromatic heterocycles. The van der Waals surface area contributed by atoms with Crippen molar-refractivity contribution in [2.45, 2.75) is 0 Å². The number of fused-ring (bicyclic) bond motifs is 6. The summed E-state index contributed by atoms with van der Waals surface area (Å²) in [5.74, 6) is 0. The highest BCUT2D eigenvalue weighted by Crippen LogP contribution is 2.46. The van der Waals surface area contributed by atoms with E-state index in [0.717, 1.165) is 72.5 Å². The molecule has 0 N–H and O–H groups in total. The first-order valence-corrected chi connectivity index (χ1v) is 21.5. The zero-order chi connectivity index (χ0) is 41.7. The molecule has 0 fully saturated rings. The zero-order valence-electron chi connectivity index (χ0n) is 34.4. The van der Waals surface area contributed by atoms with E-state index < -0.39 is 0 Å². The Hall–Kier alpha value is -8.40. The Morgan fingerprint density at radius 3 is 1.63 bits per heavy atom. The van der Waals surface area contributed by atoms with E-state index in [-0.39, 0.29) is 0 Å². The third-order valence-electron chi connectivity index (χ3n) is 12.4. The quantitative estimate of drug-likeness (QED) is 0.153. The Labute approximate surface area is 366 Å². The van der Waals surface area contributed by atoms with Crippen LogP contribution in [0.1, 0.15) is 0 Å². The van der Waals surface area contributed by atoms with Gasteiger partial charge in [-0.05, 0) is 100 Å². The highest BCUT2D eigenvalue weighted by Gasteiger charge is 2.22. The van der Waals surface area contributed by atoms with E-state index in [9.17, 15) is 0 Å². The molecular formula is C60H40N2O. The molecule has 0 radical (unpaired) electrons. The predicted octanol–water partition coefficient (Wildman–Crippen LogP) is 16.8. The lowest BCUT2D eigenvalue weighted by Gasteiger charge is -2.29. The van der Waals surface area contributed by atoms with Gasteiger partial charge in [-0.25, -0.2) is 0 Å². The largest absolute Gasteiger partial charge is 0.456 e. The van der Waals surface area contributed by atoms with Crippen LogP contribution in [-0.4, -0.2) is 4.57 Å². The van der Waals surface area contributed by atoms with Crippen LogP contribution in [0, 0.1) is 0 Å². The van der Waals surface area contributed by atoms with E-state index in [1.807, 2.05) is 6.07 Å². The van der Waals surface area contributed by atoms with Gasteiger partial charge in [0.05, 0.1) is 22.4 Å². The fourth-order valence-corrected chi connectivity index (χ4v) is 9.54. The number of rotatable bonds is 8. The summed E-state index contributed by atoms with van der Waals surface area (Å²) in [6.45, 7) is 0. The molecule has 2 heterocycles. The Kier molecular flexibility index (Phi) is 8.83. The van der Waals surface area contributed by atoms with E-state index in [1.54, 1.807) is 0 Å². The topological polar surface area (TPSA) is 21.3 Å². The molecule has 0 atom stereocenters. The molecular weight excluding hydrogens is 765 g/mol. The zero-order valence-corrected chi connectivity index (χ0v) is 34.4. The molecule has 12 aromatic rings. The van der Waals surface area contributed by atoms with Gasteiger partial charge in [0.2, 0.25) is 0 Å². The molecule has 0 saturated carbocycles. The minimum absolute atomic E-state index is 0.876. The average Bonchev–Trinajstić information content (AvgIpc) is 3.91. The molecule has 0 aliphatic heterocycles. The van der Waals surface area contributed by atoms with E-state index >= 15 is 0 Å². The normalized spacial score (nSPS) is 11.5. The maximum Gasteiger partial charge on any atom is 0.136 e. The third kappa shape index (κ3) is 6.29. The van der Waals surface area contributed by atoms with E-state index in [1.165, 1.54) is 38.5 Å². The standard InChI is InChI=1S/C60H40N2O/c1-2-17-41(18-3-1)43-19-14-20-44(39-43)45-21-15-22-47(40-45)61(55-30-10-7-26-51(55)52-28-16-34-59-60(52)53-27-8-13-33-58(53)63-59)46-37-35-42(36-38-46)48-23-4-9-29-54(48)62-56-31-11-5-24-49(56)50-25-6-12-32-57(50)62/h1-40H. The summed E-state index contributed by atoms with van der Waals surface area (Å²) >= 11 is 0. The van der Waals surface area contributed by atoms with Crippen molar-refractivity contribution in [1.29, 1.82) is 0 Å². The van der Waals surface area contributed by atoms with Crippen molar-refractivity contribution in [2.24, 2.45) is 0 Å². The highest BCUT2D eigenvalue weighted by molar-refractivity contribution is 6.14. The van der Waals surface area contributed by atoms with Gasteiger partial charge in [-0.2, -0.15) is 0 Å². The highest BCUT2D eigenvalue weighted by atomic mass is 16.3. The van der Waals surface area contributed by atoms with Gasteiger partial charge in [0.25, 0.3) is 0 Å². The van der Waals surface area contributed by atoms with Crippen LogP contribution in [-0.2, 0) is 0 Å². The van der Waals surface area contributed by atoms with Gasteiger partial charge >= 0.3 is 0 Å². The minimum Gasteiger partial charge on any atom is -0.456 e. The fraction of sp³-hybridized carbons (Fsp3) is 0. The number of hydrogen-bond acceptors (Lipinski definition) is 2. The van der Waals surface area contributed by atoms with Crippen LogP contribution in [0.5, 0.6) is 0 Å². The monoisotopic (exact) mass is 804 g/mol. The van der Waals surface area contributed by atoms with Crippen LogP contribution in [0.25, 0.3) is 93.9 Å². The van der Waals surface area contributed by atoms with Gasteiger partial charge < -0.3 is 13.9 Å². The molecule has 0 bridgehead atoms. The van der Waals surface area contributed by atoms with Gasteiger partial charge in [-0.3, -0.25) is 0 Å². The molecule has 10 aromatic carbocycles. The fourth-order valence-electron chi connectivity index (χ4n) is 9.54. The van der Waals surface area contributed by atoms with Gasteiger partial charge in [-0.1, -0.05) is 176 Å². The average molecular weight is 805 g/mol. The molecule has 0 aliphatic carbocycles. The summed E-state index contributed by atoms with van der Waals surface area (Å²) < 4.78 is 8.83. The number of anilines is 3. The molecule has 3 heteroatoms. The van der Waals surface area contributed by atoms with Gasteiger partial charge in [-0.15, -0.1) is 0 Å². The number of benzene rings is 10. The summed E-state index contributed by atoms with van der Waals surface area (Å²) in [6.07, 6.45) is 0. The SMILES string of the molecule is c1ccc(-c2cccc(-c3cccc(N(c4ccc(-c5ccccc5-n5c6ccccc6c6ccccc65)cc4)c4ccccc4-c4cccc5oc6ccccc6c45)c3)c2)cc1. The number of furan rings is 1. The van der Waals surface area contributed by atoms with Crippen molar-refractivity contribution < 1.29 is 4.42 Å². The molecule has 0 aliphatic rings. The lowest BCUT2D eigenvalue weighted by atomic mass is 9.96. The summed E-state index contributed by atoms with van der Waals surface area (Å²) in [5.41, 5.74) is 17.8. The first kappa shape index (κ1) is 36.5. The van der Waals surface area contributed by atoms with Crippen molar-refractivity contribution in [1.82, 2.24) is 4.57 Å². The maximum atomic E-state index is 6.41. The molecule has 0 spiro atoms. The van der Waals surface area contributed by atoms with Crippen LogP contribution >= 0.6 is 0 Å². The Bertz CT molecular complexity index is 3580. The lowest BCUT2D eigenvalue weighted by molar-refractivity contribution is 0.669. The van der Waals surface area contributed by atoms with E-state index in [2.05, 4.69) is 246 Å². The van der Waals surface area contributed by atoms with Crippen molar-refractivity contribution in [3.05, 3.63) is 243 Å². The summed E-state index contributed by atoms with van der Waals surface area (Å²) in [5, 5.41) is 4.72. The van der Waals surface area contributed by atoms with Crippen LogP contribution in [0.15, 0.2) is 247 Å². The first-order valence-electron chi connectivity index (χ1n) is 21.5. The van der Waals surface area contributed by atoms with Crippen LogP contribution in [0.4, 0.5) is 17.1 Å². The van der Waals surface area contributed by atoms with Crippen LogP contribution in [0.2, 0.25) is 0 Å². The van der Waals surface area contributed by atoms with Crippen molar-refractivity contribution >= 4 is 60.8 Å². The molecule has 63 heavy (non-hydrogen) atoms. The molecule has 12 rings (SSSR count). The first-order chi connectivity index (χ1) is 31.3. The molecule has 0 unspecified atom stereocenters. The maximum absolute atomic E-state index is 6.41. The second-order valence-electron chi connectivity index (χ2n) is 16.1. The molecule has 3 nitrogen and oxygen atoms in total. The summed E-state index contributed by atoms with van der Waals surface area (Å²) in [6, 6.07) is 87.1. The number of para-hydroxylation sites is 5. The van der Waals surface area contributed by atoms with Crippen molar-refractivity contribution in [3.8, 4) is 50.2 Å². The number of nitrogens with zero attached hydrogens (tertiary/aromatic N) is 2. The van der Waals surface area contributed by atoms with Crippen LogP contribution in [0.3, 0.4) is 0 Å². The summed E-state index contributed by atoms with van der Waals surface area (Å²) in [7, 11) is 0. The Morgan fingerprint density at radius 2 is 0.857 bits per heavy atom. The predicted molar refractivity (Wildman–Crippen MR) is 264 cm³/mol. The second kappa shape index (κ2) is 15.3. The molecule has 0 saturated heterocycles. The van der Waals surface area contributed by atoms with Gasteiger partial charge in [0.15, 0.2) is 0 Å². The molecule has 296 valence electrons. The number of hydrogen-bond donors (Lipinski definition) is 0. The Balaban J connectivity index is 1.03. The van der Waals surface area contributed by atoms with Gasteiger partial charge in [0.1, 0.15) is 11.2 Å². The summed E-state index contributed by atoms with van der Waals surface area (Å²) in [4.78, 5) is 2.41. The van der Waals surface area contributed by atoms with Crippen molar-refractivity contribution in [2.75, 3.05) is 4.90 Å². The number of aromatic nitrogens is 1. The Morgan fingerprint density at radius 1 is 0.317 bits per heavy atom. The van der Waals surface area contributed by atoms with Gasteiger partial charge in [0, 0.05) is 44.0 Å². The minimum atomic E-state index is 0.876. The second-order valence-corrected chi connectivity index (χ2v) is 16.1. The lowest BCUT2D eigenvalue weighted by Crippen LogP contribution is -2.11. The van der Waals surface area contributed by atoms with E-state index in [0.29, 0.717) is 0 Å². The third-order valence-corrected chi connectivity index (χ3v) is 12.4. The molecule has 0 amide bonds. The van der Waals surface area contributed by atoms with E-state index in [4.69, 9.17) is 4.42 Å². The van der Waals surface area contributed by atoms with Crippen molar-refractivity contribution in [3.63, 3.8) is 0 Å². The van der Waals surface area contributed by atoms with Crippen LogP contribution < -0.4 is 4.90 Å². The smallest absolute Gasteiger partial charge is 0.136 e.